The van der Waals surface area contributed by atoms with E-state index in [1.54, 1.807) is 0 Å². The number of imide groups is 1. The number of nitrogens with two attached hydrogens (primary N) is 1. The Balaban J connectivity index is 2.16. The van der Waals surface area contributed by atoms with Gasteiger partial charge in [0.2, 0.25) is 5.91 Å². The van der Waals surface area contributed by atoms with Gasteiger partial charge in [0.1, 0.15) is 0 Å². The molecule has 8 heteroatoms. The van der Waals surface area contributed by atoms with Crippen molar-refractivity contribution in [3.63, 3.8) is 0 Å². The van der Waals surface area contributed by atoms with Crippen LogP contribution in [0.25, 0.3) is 0 Å². The topological polar surface area (TPSA) is 122 Å². The van der Waals surface area contributed by atoms with E-state index in [-0.39, 0.29) is 24.9 Å². The summed E-state index contributed by atoms with van der Waals surface area (Å²) in [4.78, 5) is 45.8. The van der Waals surface area contributed by atoms with E-state index < -0.39 is 17.8 Å². The van der Waals surface area contributed by atoms with Crippen LogP contribution in [0.15, 0.2) is 12.2 Å². The summed E-state index contributed by atoms with van der Waals surface area (Å²) < 4.78 is 0. The summed E-state index contributed by atoms with van der Waals surface area (Å²) in [5, 5.41) is 5.23. The Bertz CT molecular complexity index is 443. The zero-order valence-corrected chi connectivity index (χ0v) is 11.9. The van der Waals surface area contributed by atoms with Gasteiger partial charge in [0, 0.05) is 37.7 Å². The number of nitrogens with zero attached hydrogens (tertiary/aromatic N) is 1. The molecule has 0 radical (unpaired) electrons. The Labute approximate surface area is 122 Å². The zero-order valence-electron chi connectivity index (χ0n) is 11.9. The molecule has 0 saturated heterocycles. The summed E-state index contributed by atoms with van der Waals surface area (Å²) in [6.07, 6.45) is 3.83. The molecule has 0 spiro atoms. The van der Waals surface area contributed by atoms with Gasteiger partial charge in [0.05, 0.1) is 0 Å². The molecule has 1 heterocycles. The number of rotatable bonds is 8. The van der Waals surface area contributed by atoms with Gasteiger partial charge in [-0.2, -0.15) is 0 Å². The zero-order chi connectivity index (χ0) is 15.8. The molecule has 0 bridgehead atoms. The third-order valence-electron chi connectivity index (χ3n) is 2.98. The monoisotopic (exact) mass is 296 g/mol. The second kappa shape index (κ2) is 8.03. The highest BCUT2D eigenvalue weighted by atomic mass is 16.2. The van der Waals surface area contributed by atoms with Crippen molar-refractivity contribution < 1.29 is 19.2 Å². The van der Waals surface area contributed by atoms with Crippen LogP contribution in [0.3, 0.4) is 0 Å². The van der Waals surface area contributed by atoms with Gasteiger partial charge in [-0.1, -0.05) is 0 Å². The first-order valence-corrected chi connectivity index (χ1v) is 6.76. The predicted molar refractivity (Wildman–Crippen MR) is 74.9 cm³/mol. The van der Waals surface area contributed by atoms with Crippen molar-refractivity contribution in [2.24, 2.45) is 5.73 Å². The molecule has 0 aliphatic carbocycles. The molecule has 0 fully saturated rings. The molecule has 0 unspecified atom stereocenters. The Morgan fingerprint density at radius 1 is 1.29 bits per heavy atom. The van der Waals surface area contributed by atoms with E-state index in [2.05, 4.69) is 10.6 Å². The number of hydrogen-bond acceptors (Lipinski definition) is 4. The van der Waals surface area contributed by atoms with Gasteiger partial charge in [0.15, 0.2) is 0 Å². The largest absolute Gasteiger partial charge is 0.354 e. The van der Waals surface area contributed by atoms with Crippen LogP contribution in [0, 0.1) is 0 Å². The van der Waals surface area contributed by atoms with Crippen molar-refractivity contribution in [3.8, 4) is 0 Å². The highest BCUT2D eigenvalue weighted by Crippen LogP contribution is 2.04. The molecule has 8 nitrogen and oxygen atoms in total. The van der Waals surface area contributed by atoms with Crippen LogP contribution in [0.2, 0.25) is 0 Å². The molecule has 1 aliphatic heterocycles. The normalized spacial score (nSPS) is 15.2. The van der Waals surface area contributed by atoms with Gasteiger partial charge in [0.25, 0.3) is 11.8 Å². The first-order chi connectivity index (χ1) is 9.90. The lowest BCUT2D eigenvalue weighted by molar-refractivity contribution is -0.137. The lowest BCUT2D eigenvalue weighted by Gasteiger charge is -2.16. The summed E-state index contributed by atoms with van der Waals surface area (Å²) in [6.45, 7) is 2.38. The van der Waals surface area contributed by atoms with Crippen molar-refractivity contribution in [2.45, 2.75) is 32.2 Å². The number of urea groups is 1. The van der Waals surface area contributed by atoms with E-state index in [1.807, 2.05) is 6.92 Å². The first kappa shape index (κ1) is 16.7. The number of carbonyl (C=O) groups is 4. The highest BCUT2D eigenvalue weighted by Gasteiger charge is 2.23. The van der Waals surface area contributed by atoms with Gasteiger partial charge in [-0.25, -0.2) is 4.79 Å². The van der Waals surface area contributed by atoms with Crippen molar-refractivity contribution >= 4 is 23.8 Å². The lowest BCUT2D eigenvalue weighted by Crippen LogP contribution is -2.38. The smallest absolute Gasteiger partial charge is 0.312 e. The van der Waals surface area contributed by atoms with Crippen LogP contribution in [0.5, 0.6) is 0 Å². The van der Waals surface area contributed by atoms with Gasteiger partial charge in [-0.15, -0.1) is 0 Å². The minimum absolute atomic E-state index is 0.0599. The third-order valence-corrected chi connectivity index (χ3v) is 2.98. The van der Waals surface area contributed by atoms with Crippen LogP contribution in [0.4, 0.5) is 4.79 Å². The number of hydrogen-bond donors (Lipinski definition) is 3. The molecule has 0 aromatic rings. The van der Waals surface area contributed by atoms with E-state index in [4.69, 9.17) is 5.73 Å². The van der Waals surface area contributed by atoms with E-state index in [0.29, 0.717) is 19.4 Å². The molecule has 5 amide bonds. The third kappa shape index (κ3) is 6.07. The number of nitrogens with one attached hydrogen (secondary N) is 2. The maximum Gasteiger partial charge on any atom is 0.312 e. The quantitative estimate of drug-likeness (QED) is 0.403. The minimum Gasteiger partial charge on any atom is -0.354 e. The molecule has 1 atom stereocenters. The molecule has 0 saturated carbocycles. The van der Waals surface area contributed by atoms with Gasteiger partial charge >= 0.3 is 6.03 Å². The number of amides is 5. The van der Waals surface area contributed by atoms with Crippen molar-refractivity contribution in [1.82, 2.24) is 15.5 Å². The fraction of sp³-hybridized carbons (Fsp3) is 0.538. The second-order valence-corrected chi connectivity index (χ2v) is 4.81. The molecular weight excluding hydrogens is 276 g/mol. The Hall–Kier alpha value is -2.38. The summed E-state index contributed by atoms with van der Waals surface area (Å²) in [6, 6.07) is -0.629. The summed E-state index contributed by atoms with van der Waals surface area (Å²) in [5.74, 6) is -1.00. The SMILES string of the molecule is C[C@H](CCCNC(N)=O)NC(=O)CCN1C(=O)C=CC1=O. The average molecular weight is 296 g/mol. The molecule has 116 valence electrons. The van der Waals surface area contributed by atoms with E-state index in [9.17, 15) is 19.2 Å². The number of carbonyl (C=O) groups excluding carboxylic acids is 4. The highest BCUT2D eigenvalue weighted by molar-refractivity contribution is 6.13. The van der Waals surface area contributed by atoms with E-state index in [0.717, 1.165) is 4.90 Å². The molecule has 21 heavy (non-hydrogen) atoms. The van der Waals surface area contributed by atoms with Crippen molar-refractivity contribution in [2.75, 3.05) is 13.1 Å². The molecule has 0 aromatic heterocycles. The molecule has 4 N–H and O–H groups in total. The van der Waals surface area contributed by atoms with Gasteiger partial charge < -0.3 is 16.4 Å². The van der Waals surface area contributed by atoms with Crippen LogP contribution in [0.1, 0.15) is 26.2 Å². The predicted octanol–water partition coefficient (Wildman–Crippen LogP) is -0.745. The molecule has 0 aromatic carbocycles. The molecule has 1 aliphatic rings. The van der Waals surface area contributed by atoms with Crippen LogP contribution >= 0.6 is 0 Å². The van der Waals surface area contributed by atoms with Crippen molar-refractivity contribution in [1.29, 1.82) is 0 Å². The lowest BCUT2D eigenvalue weighted by atomic mass is 10.2. The summed E-state index contributed by atoms with van der Waals surface area (Å²) in [5.41, 5.74) is 4.93. The average Bonchev–Trinajstić information content (AvgIpc) is 2.71. The van der Waals surface area contributed by atoms with Crippen LogP contribution in [-0.4, -0.2) is 47.8 Å². The van der Waals surface area contributed by atoms with E-state index in [1.165, 1.54) is 12.2 Å². The van der Waals surface area contributed by atoms with Crippen LogP contribution in [-0.2, 0) is 14.4 Å². The molecular formula is C13H20N4O4. The maximum atomic E-state index is 11.7. The first-order valence-electron chi connectivity index (χ1n) is 6.76. The summed E-state index contributed by atoms with van der Waals surface area (Å²) >= 11 is 0. The van der Waals surface area contributed by atoms with Gasteiger partial charge in [-0.3, -0.25) is 19.3 Å². The number of primary amides is 1. The van der Waals surface area contributed by atoms with Gasteiger partial charge in [-0.05, 0) is 19.8 Å². The molecule has 1 rings (SSSR count). The minimum atomic E-state index is -0.569. The fourth-order valence-corrected chi connectivity index (χ4v) is 1.90. The Morgan fingerprint density at radius 2 is 1.90 bits per heavy atom. The standard InChI is InChI=1S/C13H20N4O4/c1-9(3-2-7-15-13(14)21)16-10(18)6-8-17-11(19)4-5-12(17)20/h4-5,9H,2-3,6-8H2,1H3,(H,16,18)(H3,14,15,21)/t9-/m1/s1. The fourth-order valence-electron chi connectivity index (χ4n) is 1.90. The Kier molecular flexibility index (Phi) is 6.38. The van der Waals surface area contributed by atoms with E-state index >= 15 is 0 Å². The summed E-state index contributed by atoms with van der Waals surface area (Å²) in [7, 11) is 0. The van der Waals surface area contributed by atoms with Crippen molar-refractivity contribution in [3.05, 3.63) is 12.2 Å². The Morgan fingerprint density at radius 3 is 2.48 bits per heavy atom. The second-order valence-electron chi connectivity index (χ2n) is 4.81. The van der Waals surface area contributed by atoms with Crippen LogP contribution < -0.4 is 16.4 Å². The maximum absolute atomic E-state index is 11.7.